The van der Waals surface area contributed by atoms with Crippen LogP contribution >= 0.6 is 15.9 Å². The quantitative estimate of drug-likeness (QED) is 0.122. The van der Waals surface area contributed by atoms with E-state index in [1.807, 2.05) is 49.4 Å². The van der Waals surface area contributed by atoms with E-state index in [1.54, 1.807) is 42.5 Å². The predicted octanol–water partition coefficient (Wildman–Crippen LogP) is 5.22. The highest BCUT2D eigenvalue weighted by molar-refractivity contribution is 9.10. The van der Waals surface area contributed by atoms with Gasteiger partial charge >= 0.3 is 17.8 Å². The van der Waals surface area contributed by atoms with E-state index in [0.29, 0.717) is 21.3 Å². The zero-order chi connectivity index (χ0) is 24.8. The van der Waals surface area contributed by atoms with E-state index in [9.17, 15) is 14.4 Å². The molecule has 0 aliphatic heterocycles. The molecule has 0 radical (unpaired) electrons. The van der Waals surface area contributed by atoms with Gasteiger partial charge in [0.05, 0.1) is 11.8 Å². The Morgan fingerprint density at radius 3 is 2.43 bits per heavy atom. The van der Waals surface area contributed by atoms with Crippen molar-refractivity contribution in [1.29, 1.82) is 0 Å². The van der Waals surface area contributed by atoms with Crippen LogP contribution in [0.15, 0.2) is 94.5 Å². The maximum Gasteiger partial charge on any atom is 0.343 e. The zero-order valence-electron chi connectivity index (χ0n) is 18.6. The van der Waals surface area contributed by atoms with Crippen LogP contribution in [-0.2, 0) is 9.59 Å². The van der Waals surface area contributed by atoms with Crippen LogP contribution in [0.5, 0.6) is 5.75 Å². The van der Waals surface area contributed by atoms with E-state index in [4.69, 9.17) is 4.74 Å². The van der Waals surface area contributed by atoms with Crippen molar-refractivity contribution in [1.82, 2.24) is 5.43 Å². The van der Waals surface area contributed by atoms with Gasteiger partial charge in [-0.15, -0.1) is 0 Å². The number of fused-ring (bicyclic) bond motifs is 1. The van der Waals surface area contributed by atoms with Crippen molar-refractivity contribution in [3.05, 3.63) is 106 Å². The Kier molecular flexibility index (Phi) is 7.32. The number of nitrogens with zero attached hydrogens (tertiary/aromatic N) is 1. The van der Waals surface area contributed by atoms with Gasteiger partial charge in [-0.05, 0) is 48.7 Å². The van der Waals surface area contributed by atoms with Gasteiger partial charge in [-0.25, -0.2) is 10.2 Å². The first-order chi connectivity index (χ1) is 16.9. The molecule has 0 aliphatic carbocycles. The first-order valence-electron chi connectivity index (χ1n) is 10.6. The highest BCUT2D eigenvalue weighted by atomic mass is 79.9. The van der Waals surface area contributed by atoms with Crippen molar-refractivity contribution in [2.24, 2.45) is 5.10 Å². The molecule has 4 aromatic carbocycles. The number of nitrogens with one attached hydrogen (secondary N) is 2. The fourth-order valence-electron chi connectivity index (χ4n) is 3.29. The summed E-state index contributed by atoms with van der Waals surface area (Å²) in [5.74, 6) is -2.08. The number of halogens is 1. The summed E-state index contributed by atoms with van der Waals surface area (Å²) in [6.07, 6.45) is 1.30. The van der Waals surface area contributed by atoms with Crippen molar-refractivity contribution in [2.45, 2.75) is 6.92 Å². The number of benzene rings is 4. The van der Waals surface area contributed by atoms with Gasteiger partial charge in [-0.2, -0.15) is 5.10 Å². The lowest BCUT2D eigenvalue weighted by Crippen LogP contribution is -2.32. The number of esters is 1. The van der Waals surface area contributed by atoms with E-state index < -0.39 is 17.8 Å². The van der Waals surface area contributed by atoms with Crippen LogP contribution in [0.1, 0.15) is 21.5 Å². The Balaban J connectivity index is 1.43. The number of amides is 2. The van der Waals surface area contributed by atoms with Crippen LogP contribution in [0.25, 0.3) is 10.8 Å². The molecule has 7 nitrogen and oxygen atoms in total. The molecule has 0 unspecified atom stereocenters. The van der Waals surface area contributed by atoms with Crippen LogP contribution in [0.3, 0.4) is 0 Å². The molecule has 0 bridgehead atoms. The molecular formula is C27H20BrN3O4. The summed E-state index contributed by atoms with van der Waals surface area (Å²) in [6.45, 7) is 1.93. The summed E-state index contributed by atoms with van der Waals surface area (Å²) in [5, 5.41) is 8.21. The normalized spacial score (nSPS) is 10.8. The highest BCUT2D eigenvalue weighted by Gasteiger charge is 2.15. The number of ether oxygens (including phenoxy) is 1. The lowest BCUT2D eigenvalue weighted by atomic mass is 10.1. The molecule has 4 rings (SSSR count). The predicted molar refractivity (Wildman–Crippen MR) is 139 cm³/mol. The summed E-state index contributed by atoms with van der Waals surface area (Å²) in [6, 6.07) is 24.9. The zero-order valence-corrected chi connectivity index (χ0v) is 20.2. The average Bonchev–Trinajstić information content (AvgIpc) is 2.86. The molecule has 0 heterocycles. The number of anilines is 1. The van der Waals surface area contributed by atoms with Gasteiger partial charge in [0, 0.05) is 21.1 Å². The molecule has 8 heteroatoms. The van der Waals surface area contributed by atoms with Crippen LogP contribution in [0.4, 0.5) is 5.69 Å². The molecule has 35 heavy (non-hydrogen) atoms. The van der Waals surface area contributed by atoms with Crippen LogP contribution in [0.2, 0.25) is 0 Å². The van der Waals surface area contributed by atoms with Crippen molar-refractivity contribution in [3.8, 4) is 5.75 Å². The standard InChI is InChI=1S/C27H20BrN3O4/c1-17-9-11-19(12-10-17)27(34)35-24-14-13-21(28)15-20(24)16-29-31-26(33)25(32)30-23-8-4-6-18-5-2-3-7-22(18)23/h2-16H,1H3,(H,30,32)(H,31,33)/b29-16+. The summed E-state index contributed by atoms with van der Waals surface area (Å²) >= 11 is 3.36. The Morgan fingerprint density at radius 1 is 0.886 bits per heavy atom. The molecule has 0 spiro atoms. The fraction of sp³-hybridized carbons (Fsp3) is 0.0370. The summed E-state index contributed by atoms with van der Waals surface area (Å²) in [7, 11) is 0. The van der Waals surface area contributed by atoms with E-state index in [1.165, 1.54) is 6.21 Å². The molecule has 0 atom stereocenters. The smallest absolute Gasteiger partial charge is 0.343 e. The molecule has 0 fully saturated rings. The van der Waals surface area contributed by atoms with Crippen LogP contribution in [-0.4, -0.2) is 24.0 Å². The number of hydrazone groups is 1. The van der Waals surface area contributed by atoms with Gasteiger partial charge in [0.1, 0.15) is 5.75 Å². The average molecular weight is 530 g/mol. The summed E-state index contributed by atoms with van der Waals surface area (Å²) < 4.78 is 6.23. The van der Waals surface area contributed by atoms with Crippen molar-refractivity contribution >= 4 is 56.4 Å². The minimum absolute atomic E-state index is 0.247. The van der Waals surface area contributed by atoms with Crippen molar-refractivity contribution in [2.75, 3.05) is 5.32 Å². The third-order valence-electron chi connectivity index (χ3n) is 5.08. The third kappa shape index (κ3) is 5.99. The topological polar surface area (TPSA) is 96.9 Å². The summed E-state index contributed by atoms with van der Waals surface area (Å²) in [4.78, 5) is 37.2. The maximum absolute atomic E-state index is 12.5. The molecule has 2 amide bonds. The van der Waals surface area contributed by atoms with Gasteiger partial charge in [0.2, 0.25) is 0 Å². The first kappa shape index (κ1) is 23.8. The van der Waals surface area contributed by atoms with Crippen LogP contribution in [0, 0.1) is 6.92 Å². The fourth-order valence-corrected chi connectivity index (χ4v) is 3.67. The van der Waals surface area contributed by atoms with Gasteiger partial charge in [0.25, 0.3) is 0 Å². The third-order valence-corrected chi connectivity index (χ3v) is 5.57. The lowest BCUT2D eigenvalue weighted by molar-refractivity contribution is -0.136. The Hall–Kier alpha value is -4.30. The largest absolute Gasteiger partial charge is 0.422 e. The van der Waals surface area contributed by atoms with E-state index in [0.717, 1.165) is 16.3 Å². The second-order valence-electron chi connectivity index (χ2n) is 7.62. The van der Waals surface area contributed by atoms with E-state index in [-0.39, 0.29) is 5.75 Å². The molecule has 0 aromatic heterocycles. The second kappa shape index (κ2) is 10.8. The molecular weight excluding hydrogens is 510 g/mol. The second-order valence-corrected chi connectivity index (χ2v) is 8.53. The Labute approximate surface area is 209 Å². The first-order valence-corrected chi connectivity index (χ1v) is 11.4. The molecule has 0 saturated heterocycles. The SMILES string of the molecule is Cc1ccc(C(=O)Oc2ccc(Br)cc2/C=N/NC(=O)C(=O)Nc2cccc3ccccc23)cc1. The number of hydrogen-bond acceptors (Lipinski definition) is 5. The van der Waals surface area contributed by atoms with Gasteiger partial charge in [-0.1, -0.05) is 70.0 Å². The number of hydrogen-bond donors (Lipinski definition) is 2. The lowest BCUT2D eigenvalue weighted by Gasteiger charge is -2.09. The van der Waals surface area contributed by atoms with Gasteiger partial charge < -0.3 is 10.1 Å². The van der Waals surface area contributed by atoms with Gasteiger partial charge in [-0.3, -0.25) is 9.59 Å². The number of aryl methyl sites for hydroxylation is 1. The number of carbonyl (C=O) groups excluding carboxylic acids is 3. The molecule has 174 valence electrons. The van der Waals surface area contributed by atoms with Crippen molar-refractivity contribution in [3.63, 3.8) is 0 Å². The van der Waals surface area contributed by atoms with Gasteiger partial charge in [0.15, 0.2) is 0 Å². The number of rotatable bonds is 5. The summed E-state index contributed by atoms with van der Waals surface area (Å²) in [5.41, 5.74) is 4.57. The molecule has 2 N–H and O–H groups in total. The van der Waals surface area contributed by atoms with E-state index in [2.05, 4.69) is 31.8 Å². The molecule has 0 saturated carbocycles. The van der Waals surface area contributed by atoms with E-state index >= 15 is 0 Å². The minimum atomic E-state index is -0.942. The molecule has 0 aliphatic rings. The minimum Gasteiger partial charge on any atom is -0.422 e. The Bertz CT molecular complexity index is 1440. The Morgan fingerprint density at radius 2 is 1.63 bits per heavy atom. The number of carbonyl (C=O) groups is 3. The monoisotopic (exact) mass is 529 g/mol. The molecule has 4 aromatic rings. The maximum atomic E-state index is 12.5. The van der Waals surface area contributed by atoms with Crippen molar-refractivity contribution < 1.29 is 19.1 Å². The van der Waals surface area contributed by atoms with Crippen LogP contribution < -0.4 is 15.5 Å². The highest BCUT2D eigenvalue weighted by Crippen LogP contribution is 2.24.